The SMILES string of the molecule is CC1(C)[C@@H]2CC[C@]1(C)[C@H](OC(c1ccccc1)(c1ccccc1)c1ccccc1)C2. The van der Waals surface area contributed by atoms with Gasteiger partial charge in [0.05, 0.1) is 6.10 Å². The zero-order valence-corrected chi connectivity index (χ0v) is 18.3. The van der Waals surface area contributed by atoms with E-state index in [0.29, 0.717) is 5.41 Å². The van der Waals surface area contributed by atoms with Gasteiger partial charge in [-0.25, -0.2) is 0 Å². The molecule has 0 aromatic heterocycles. The van der Waals surface area contributed by atoms with E-state index < -0.39 is 5.60 Å². The van der Waals surface area contributed by atoms with Crippen LogP contribution in [0.4, 0.5) is 0 Å². The highest BCUT2D eigenvalue weighted by Gasteiger charge is 2.63. The summed E-state index contributed by atoms with van der Waals surface area (Å²) in [6.07, 6.45) is 3.96. The first kappa shape index (κ1) is 19.6. The molecule has 0 unspecified atom stereocenters. The first-order valence-electron chi connectivity index (χ1n) is 11.3. The molecule has 2 aliphatic rings. The molecule has 0 aliphatic heterocycles. The fraction of sp³-hybridized carbons (Fsp3) is 0.379. The molecule has 1 nitrogen and oxygen atoms in total. The summed E-state index contributed by atoms with van der Waals surface area (Å²) in [6.45, 7) is 7.39. The molecule has 0 heterocycles. The Morgan fingerprint density at radius 1 is 0.700 bits per heavy atom. The molecule has 154 valence electrons. The maximum absolute atomic E-state index is 7.43. The summed E-state index contributed by atoms with van der Waals surface area (Å²) in [7, 11) is 0. The first-order chi connectivity index (χ1) is 14.5. The molecule has 2 fully saturated rings. The van der Waals surface area contributed by atoms with Crippen LogP contribution in [0.2, 0.25) is 0 Å². The normalized spacial score (nSPS) is 27.3. The molecule has 2 bridgehead atoms. The minimum absolute atomic E-state index is 0.196. The Hall–Kier alpha value is -2.38. The smallest absolute Gasteiger partial charge is 0.144 e. The highest BCUT2D eigenvalue weighted by Crippen LogP contribution is 2.67. The molecule has 0 spiro atoms. The lowest BCUT2D eigenvalue weighted by Crippen LogP contribution is -2.44. The molecular weight excluding hydrogens is 364 g/mol. The van der Waals surface area contributed by atoms with Gasteiger partial charge in [-0.1, -0.05) is 112 Å². The van der Waals surface area contributed by atoms with E-state index in [1.165, 1.54) is 29.5 Å². The number of ether oxygens (including phenoxy) is 1. The molecule has 5 rings (SSSR count). The topological polar surface area (TPSA) is 9.23 Å². The number of benzene rings is 3. The average Bonchev–Trinajstić information content (AvgIpc) is 3.13. The van der Waals surface area contributed by atoms with Crippen LogP contribution in [0, 0.1) is 16.7 Å². The molecule has 30 heavy (non-hydrogen) atoms. The maximum Gasteiger partial charge on any atom is 0.144 e. The molecule has 0 saturated heterocycles. The molecule has 3 atom stereocenters. The van der Waals surface area contributed by atoms with Crippen LogP contribution in [0.15, 0.2) is 91.0 Å². The largest absolute Gasteiger partial charge is 0.357 e. The Bertz CT molecular complexity index is 896. The van der Waals surface area contributed by atoms with E-state index >= 15 is 0 Å². The van der Waals surface area contributed by atoms with Crippen LogP contribution in [0.5, 0.6) is 0 Å². The summed E-state index contributed by atoms with van der Waals surface area (Å²) in [5.41, 5.74) is 3.50. The quantitative estimate of drug-likeness (QED) is 0.414. The third-order valence-corrected chi connectivity index (χ3v) is 8.57. The van der Waals surface area contributed by atoms with Gasteiger partial charge in [-0.2, -0.15) is 0 Å². The first-order valence-corrected chi connectivity index (χ1v) is 11.3. The summed E-state index contributed by atoms with van der Waals surface area (Å²) in [5.74, 6) is 0.743. The van der Waals surface area contributed by atoms with Crippen molar-refractivity contribution in [2.24, 2.45) is 16.7 Å². The molecule has 0 radical (unpaired) electrons. The van der Waals surface area contributed by atoms with E-state index in [-0.39, 0.29) is 11.5 Å². The van der Waals surface area contributed by atoms with Crippen molar-refractivity contribution in [3.8, 4) is 0 Å². The van der Waals surface area contributed by atoms with E-state index in [0.717, 1.165) is 12.3 Å². The molecule has 3 aromatic rings. The van der Waals surface area contributed by atoms with Gasteiger partial charge < -0.3 is 4.74 Å². The van der Waals surface area contributed by atoms with Crippen molar-refractivity contribution in [2.75, 3.05) is 0 Å². The second-order valence-corrected chi connectivity index (χ2v) is 10.00. The van der Waals surface area contributed by atoms with Crippen molar-refractivity contribution in [1.29, 1.82) is 0 Å². The van der Waals surface area contributed by atoms with Crippen LogP contribution < -0.4 is 0 Å². The van der Waals surface area contributed by atoms with Gasteiger partial charge in [-0.05, 0) is 52.7 Å². The van der Waals surface area contributed by atoms with Crippen LogP contribution >= 0.6 is 0 Å². The number of hydrogen-bond donors (Lipinski definition) is 0. The van der Waals surface area contributed by atoms with Gasteiger partial charge in [0.2, 0.25) is 0 Å². The second kappa shape index (κ2) is 7.10. The van der Waals surface area contributed by atoms with Gasteiger partial charge in [-0.15, -0.1) is 0 Å². The van der Waals surface area contributed by atoms with E-state index in [4.69, 9.17) is 4.74 Å². The minimum atomic E-state index is -0.613. The summed E-state index contributed by atoms with van der Waals surface area (Å²) in [6, 6.07) is 32.4. The van der Waals surface area contributed by atoms with E-state index in [1.807, 2.05) is 0 Å². The summed E-state index contributed by atoms with van der Waals surface area (Å²) >= 11 is 0. The van der Waals surface area contributed by atoms with Crippen LogP contribution in [0.25, 0.3) is 0 Å². The van der Waals surface area contributed by atoms with Gasteiger partial charge in [-0.3, -0.25) is 0 Å². The Morgan fingerprint density at radius 3 is 1.47 bits per heavy atom. The van der Waals surface area contributed by atoms with Crippen LogP contribution in [0.1, 0.15) is 56.7 Å². The third-order valence-electron chi connectivity index (χ3n) is 8.57. The predicted octanol–water partition coefficient (Wildman–Crippen LogP) is 7.21. The van der Waals surface area contributed by atoms with Crippen molar-refractivity contribution in [1.82, 2.24) is 0 Å². The number of fused-ring (bicyclic) bond motifs is 2. The summed E-state index contributed by atoms with van der Waals surface area (Å²) in [4.78, 5) is 0. The monoisotopic (exact) mass is 396 g/mol. The Kier molecular flexibility index (Phi) is 4.63. The average molecular weight is 397 g/mol. The molecule has 0 amide bonds. The molecule has 2 saturated carbocycles. The van der Waals surface area contributed by atoms with Crippen LogP contribution in [-0.2, 0) is 10.3 Å². The molecule has 0 N–H and O–H groups in total. The van der Waals surface area contributed by atoms with Crippen molar-refractivity contribution in [2.45, 2.75) is 51.7 Å². The van der Waals surface area contributed by atoms with E-state index in [2.05, 4.69) is 112 Å². The third kappa shape index (κ3) is 2.72. The maximum atomic E-state index is 7.43. The molecule has 3 aromatic carbocycles. The van der Waals surface area contributed by atoms with E-state index in [9.17, 15) is 0 Å². The molecule has 2 aliphatic carbocycles. The van der Waals surface area contributed by atoms with Gasteiger partial charge in [0.25, 0.3) is 0 Å². The number of rotatable bonds is 5. The lowest BCUT2D eigenvalue weighted by molar-refractivity contribution is -0.112. The highest BCUT2D eigenvalue weighted by atomic mass is 16.5. The number of hydrogen-bond acceptors (Lipinski definition) is 1. The van der Waals surface area contributed by atoms with Crippen molar-refractivity contribution >= 4 is 0 Å². The van der Waals surface area contributed by atoms with Gasteiger partial charge in [0.15, 0.2) is 0 Å². The standard InChI is InChI=1S/C29H32O/c1-27(2)25-19-20-28(27,3)26(21-25)30-29(22-13-7-4-8-14-22,23-15-9-5-10-16-23)24-17-11-6-12-18-24/h4-18,25-26H,19-21H2,1-3H3/t25-,26-,28-/m1/s1. The minimum Gasteiger partial charge on any atom is -0.357 e. The lowest BCUT2D eigenvalue weighted by Gasteiger charge is -2.45. The van der Waals surface area contributed by atoms with Gasteiger partial charge in [0.1, 0.15) is 5.60 Å². The molecule has 1 heteroatoms. The van der Waals surface area contributed by atoms with Crippen molar-refractivity contribution in [3.05, 3.63) is 108 Å². The van der Waals surface area contributed by atoms with Crippen molar-refractivity contribution in [3.63, 3.8) is 0 Å². The second-order valence-electron chi connectivity index (χ2n) is 10.00. The fourth-order valence-electron chi connectivity index (χ4n) is 6.24. The fourth-order valence-corrected chi connectivity index (χ4v) is 6.24. The zero-order chi connectivity index (χ0) is 20.8. The van der Waals surface area contributed by atoms with Crippen molar-refractivity contribution < 1.29 is 4.74 Å². The predicted molar refractivity (Wildman–Crippen MR) is 123 cm³/mol. The van der Waals surface area contributed by atoms with Gasteiger partial charge in [0, 0.05) is 0 Å². The molecular formula is C29H32O. The lowest BCUT2D eigenvalue weighted by atomic mass is 9.69. The summed E-state index contributed by atoms with van der Waals surface area (Å²) in [5, 5.41) is 0. The Labute approximate surface area is 181 Å². The Morgan fingerprint density at radius 2 is 1.13 bits per heavy atom. The highest BCUT2D eigenvalue weighted by molar-refractivity contribution is 5.47. The zero-order valence-electron chi connectivity index (χ0n) is 18.3. The van der Waals surface area contributed by atoms with Crippen LogP contribution in [-0.4, -0.2) is 6.10 Å². The van der Waals surface area contributed by atoms with Crippen LogP contribution in [0.3, 0.4) is 0 Å². The summed E-state index contributed by atoms with van der Waals surface area (Å²) < 4.78 is 7.43. The Balaban J connectivity index is 1.71. The van der Waals surface area contributed by atoms with E-state index in [1.54, 1.807) is 0 Å². The van der Waals surface area contributed by atoms with Gasteiger partial charge >= 0.3 is 0 Å².